The first-order chi connectivity index (χ1) is 19.0. The van der Waals surface area contributed by atoms with Crippen LogP contribution in [0.15, 0.2) is 28.5 Å². The Morgan fingerprint density at radius 1 is 1.10 bits per heavy atom. The second-order valence-electron chi connectivity index (χ2n) is 9.34. The molecule has 0 radical (unpaired) electrons. The second-order valence-corrected chi connectivity index (χ2v) is 13.6. The summed E-state index contributed by atoms with van der Waals surface area (Å²) in [4.78, 5) is 77.8. The summed E-state index contributed by atoms with van der Waals surface area (Å²) in [5.74, 6) is -4.94. The Labute approximate surface area is 258 Å². The van der Waals surface area contributed by atoms with Crippen molar-refractivity contribution in [1.82, 2.24) is 15.5 Å². The van der Waals surface area contributed by atoms with E-state index in [4.69, 9.17) is 49.0 Å². The molecule has 3 heterocycles. The van der Waals surface area contributed by atoms with Crippen molar-refractivity contribution in [3.8, 4) is 0 Å². The lowest BCUT2D eigenvalue weighted by Crippen LogP contribution is -2.74. The van der Waals surface area contributed by atoms with E-state index >= 15 is 0 Å². The van der Waals surface area contributed by atoms with E-state index in [1.807, 2.05) is 10.7 Å². The fraction of sp³-hybridized carbons (Fsp3) is 0.500. The number of nitrogens with zero attached hydrogens (tertiary/aromatic N) is 1. The Bertz CT molecular complexity index is 1250. The molecular formula is C24H26Cl3N3O9S2. The predicted molar refractivity (Wildman–Crippen MR) is 151 cm³/mol. The van der Waals surface area contributed by atoms with Gasteiger partial charge >= 0.3 is 11.9 Å². The number of ether oxygens (including phenoxy) is 3. The maximum absolute atomic E-state index is 13.3. The number of halogens is 3. The quantitative estimate of drug-likeness (QED) is 0.164. The van der Waals surface area contributed by atoms with Gasteiger partial charge in [0, 0.05) is 18.9 Å². The number of alkyl halides is 3. The summed E-state index contributed by atoms with van der Waals surface area (Å²) in [6.07, 6.45) is -1.87. The van der Waals surface area contributed by atoms with Crippen LogP contribution in [0.5, 0.6) is 0 Å². The number of hydrogen-bond donors (Lipinski definition) is 2. The summed E-state index contributed by atoms with van der Waals surface area (Å²) < 4.78 is 13.1. The zero-order valence-electron chi connectivity index (χ0n) is 22.1. The molecular weight excluding hydrogens is 645 g/mol. The number of esters is 2. The molecule has 2 aliphatic rings. The summed E-state index contributed by atoms with van der Waals surface area (Å²) >= 11 is 19.0. The molecule has 1 unspecified atom stereocenters. The van der Waals surface area contributed by atoms with Crippen LogP contribution in [0.3, 0.4) is 0 Å². The fourth-order valence-electron chi connectivity index (χ4n) is 3.69. The molecule has 2 N–H and O–H groups in total. The van der Waals surface area contributed by atoms with Gasteiger partial charge in [0.15, 0.2) is 11.6 Å². The molecule has 0 aliphatic carbocycles. The summed E-state index contributed by atoms with van der Waals surface area (Å²) in [6, 6.07) is 1.20. The third-order valence-corrected chi connectivity index (χ3v) is 8.56. The number of methoxy groups -OCH3 is 1. The van der Waals surface area contributed by atoms with Crippen molar-refractivity contribution in [3.05, 3.63) is 33.4 Å². The highest BCUT2D eigenvalue weighted by molar-refractivity contribution is 8.03. The monoisotopic (exact) mass is 669 g/mol. The van der Waals surface area contributed by atoms with E-state index < -0.39 is 69.2 Å². The molecule has 1 aromatic heterocycles. The van der Waals surface area contributed by atoms with Crippen molar-refractivity contribution in [3.63, 3.8) is 0 Å². The maximum atomic E-state index is 13.3. The van der Waals surface area contributed by atoms with Gasteiger partial charge in [-0.3, -0.25) is 24.5 Å². The number of thiophene rings is 1. The summed E-state index contributed by atoms with van der Waals surface area (Å²) in [7, 11) is 1.30. The zero-order valence-corrected chi connectivity index (χ0v) is 26.0. The first-order valence-electron chi connectivity index (χ1n) is 11.9. The highest BCUT2D eigenvalue weighted by Gasteiger charge is 2.56. The number of β-lactam (4-membered cyclic amide) rings is 1. The van der Waals surface area contributed by atoms with Gasteiger partial charge in [-0.15, -0.1) is 23.1 Å². The van der Waals surface area contributed by atoms with Gasteiger partial charge in [0.05, 0.1) is 12.8 Å². The lowest BCUT2D eigenvalue weighted by atomic mass is 9.96. The molecule has 1 fully saturated rings. The minimum atomic E-state index is -2.41. The SMILES string of the molecule is COC(C)(C)C(=O)OC(C)OC(=O)[C@H]1C(CC(=O)NC(=O)C(Cl)(Cl)Cl)=CS[C@@H]2[C@H](NC(=O)Cc3cccs3)C(=O)N12. The zero-order chi connectivity index (χ0) is 30.7. The molecule has 0 saturated carbocycles. The van der Waals surface area contributed by atoms with E-state index in [-0.39, 0.29) is 17.9 Å². The molecule has 17 heteroatoms. The van der Waals surface area contributed by atoms with Crippen LogP contribution in [0.1, 0.15) is 32.1 Å². The molecule has 1 saturated heterocycles. The molecule has 4 atom stereocenters. The van der Waals surface area contributed by atoms with Gasteiger partial charge in [-0.25, -0.2) is 9.59 Å². The second kappa shape index (κ2) is 13.3. The normalized spacial score (nSPS) is 21.0. The van der Waals surface area contributed by atoms with Crippen LogP contribution in [-0.2, 0) is 49.4 Å². The van der Waals surface area contributed by atoms with Gasteiger partial charge in [0.2, 0.25) is 24.0 Å². The molecule has 0 bridgehead atoms. The van der Waals surface area contributed by atoms with Crippen molar-refractivity contribution < 1.29 is 43.0 Å². The minimum Gasteiger partial charge on any atom is -0.424 e. The topological polar surface area (TPSA) is 157 Å². The summed E-state index contributed by atoms with van der Waals surface area (Å²) in [5, 5.41) is 7.17. The van der Waals surface area contributed by atoms with Crippen LogP contribution in [0.25, 0.3) is 0 Å². The van der Waals surface area contributed by atoms with Crippen molar-refractivity contribution in [2.24, 2.45) is 0 Å². The van der Waals surface area contributed by atoms with Crippen LogP contribution in [0.4, 0.5) is 0 Å². The number of amides is 4. The number of carbonyl (C=O) groups excluding carboxylic acids is 6. The molecule has 4 amide bonds. The van der Waals surface area contributed by atoms with E-state index in [0.29, 0.717) is 0 Å². The smallest absolute Gasteiger partial charge is 0.340 e. The van der Waals surface area contributed by atoms with Gasteiger partial charge in [-0.2, -0.15) is 0 Å². The van der Waals surface area contributed by atoms with E-state index in [9.17, 15) is 28.8 Å². The van der Waals surface area contributed by atoms with Gasteiger partial charge in [0.25, 0.3) is 9.70 Å². The summed E-state index contributed by atoms with van der Waals surface area (Å²) in [6.45, 7) is 4.20. The highest BCUT2D eigenvalue weighted by atomic mass is 35.6. The van der Waals surface area contributed by atoms with Crippen LogP contribution < -0.4 is 10.6 Å². The fourth-order valence-corrected chi connectivity index (χ4v) is 5.76. The number of carbonyl (C=O) groups is 6. The molecule has 0 spiro atoms. The van der Waals surface area contributed by atoms with Gasteiger partial charge in [-0.05, 0) is 36.3 Å². The van der Waals surface area contributed by atoms with Crippen LogP contribution >= 0.6 is 57.9 Å². The molecule has 12 nitrogen and oxygen atoms in total. The van der Waals surface area contributed by atoms with E-state index in [1.165, 1.54) is 44.6 Å². The van der Waals surface area contributed by atoms with Gasteiger partial charge in [0.1, 0.15) is 11.4 Å². The van der Waals surface area contributed by atoms with Crippen molar-refractivity contribution in [1.29, 1.82) is 0 Å². The maximum Gasteiger partial charge on any atom is 0.340 e. The molecule has 224 valence electrons. The number of imide groups is 1. The minimum absolute atomic E-state index is 0.0729. The average molecular weight is 671 g/mol. The Morgan fingerprint density at radius 3 is 2.37 bits per heavy atom. The molecule has 41 heavy (non-hydrogen) atoms. The first kappa shape index (κ1) is 33.1. The molecule has 3 rings (SSSR count). The number of rotatable bonds is 10. The molecule has 1 aromatic rings. The Kier molecular flexibility index (Phi) is 10.8. The van der Waals surface area contributed by atoms with E-state index in [2.05, 4.69) is 5.32 Å². The van der Waals surface area contributed by atoms with Gasteiger partial charge < -0.3 is 24.4 Å². The number of fused-ring (bicyclic) bond motifs is 1. The van der Waals surface area contributed by atoms with E-state index in [1.54, 1.807) is 12.1 Å². The molecule has 0 aromatic carbocycles. The Balaban J connectivity index is 1.77. The lowest BCUT2D eigenvalue weighted by Gasteiger charge is -2.51. The third kappa shape index (κ3) is 8.14. The highest BCUT2D eigenvalue weighted by Crippen LogP contribution is 2.41. The lowest BCUT2D eigenvalue weighted by molar-refractivity contribution is -0.201. The van der Waals surface area contributed by atoms with E-state index in [0.717, 1.165) is 21.5 Å². The standard InChI is InChI=1S/C24H26Cl3N3O9S2/c1-11(39-22(36)23(2,3)37-4)38-20(34)17-12(8-14(31)29-21(35)24(25,26)27)10-41-19-16(18(33)30(17)19)28-15(32)9-13-6-5-7-40-13/h5-7,10-11,16-17,19H,8-9H2,1-4H3,(H,28,32)(H,29,31,35)/t11?,16-,17-,19-/m1/s1. The number of nitrogens with one attached hydrogen (secondary N) is 2. The summed E-state index contributed by atoms with van der Waals surface area (Å²) in [5.41, 5.74) is -1.24. The Hall–Kier alpha value is -2.36. The number of thioether (sulfide) groups is 1. The van der Waals surface area contributed by atoms with Crippen LogP contribution in [0, 0.1) is 0 Å². The van der Waals surface area contributed by atoms with Crippen LogP contribution in [-0.4, -0.2) is 80.7 Å². The Morgan fingerprint density at radius 2 is 1.78 bits per heavy atom. The average Bonchev–Trinajstić information content (AvgIpc) is 3.38. The largest absolute Gasteiger partial charge is 0.424 e. The predicted octanol–water partition coefficient (Wildman–Crippen LogP) is 2.20. The third-order valence-electron chi connectivity index (χ3n) is 5.95. The van der Waals surface area contributed by atoms with Crippen molar-refractivity contribution in [2.45, 2.75) is 66.8 Å². The van der Waals surface area contributed by atoms with Crippen LogP contribution in [0.2, 0.25) is 0 Å². The first-order valence-corrected chi connectivity index (χ1v) is 14.9. The van der Waals surface area contributed by atoms with Crippen molar-refractivity contribution in [2.75, 3.05) is 7.11 Å². The van der Waals surface area contributed by atoms with Gasteiger partial charge in [-0.1, -0.05) is 40.9 Å². The molecule has 2 aliphatic heterocycles. The number of hydrogen-bond acceptors (Lipinski definition) is 11. The van der Waals surface area contributed by atoms with Crippen molar-refractivity contribution >= 4 is 93.5 Å².